The summed E-state index contributed by atoms with van der Waals surface area (Å²) in [6, 6.07) is 15.2. The van der Waals surface area contributed by atoms with Gasteiger partial charge in [0.2, 0.25) is 9.84 Å². The Labute approximate surface area is 174 Å². The Bertz CT molecular complexity index is 1150. The van der Waals surface area contributed by atoms with Crippen molar-refractivity contribution in [3.05, 3.63) is 103 Å². The van der Waals surface area contributed by atoms with Crippen molar-refractivity contribution in [2.24, 2.45) is 0 Å². The molecule has 0 aliphatic carbocycles. The third kappa shape index (κ3) is 4.72. The quantitative estimate of drug-likeness (QED) is 0.539. The Morgan fingerprint density at radius 2 is 1.83 bits per heavy atom. The summed E-state index contributed by atoms with van der Waals surface area (Å²) in [4.78, 5) is 16.5. The SMILES string of the molecule is C=CC(Nc1cccnc1)S(=O)(=O)c1ccccc1C(=O)NCc1ccccc1F. The third-order valence-corrected chi connectivity index (χ3v) is 6.30. The van der Waals surface area contributed by atoms with Crippen molar-refractivity contribution in [3.63, 3.8) is 0 Å². The zero-order chi connectivity index (χ0) is 21.6. The number of pyridine rings is 1. The van der Waals surface area contributed by atoms with Crippen LogP contribution in [-0.2, 0) is 16.4 Å². The van der Waals surface area contributed by atoms with Gasteiger partial charge >= 0.3 is 0 Å². The molecule has 1 unspecified atom stereocenters. The van der Waals surface area contributed by atoms with Crippen LogP contribution in [0.2, 0.25) is 0 Å². The molecule has 1 atom stereocenters. The van der Waals surface area contributed by atoms with Gasteiger partial charge in [-0.15, -0.1) is 0 Å². The lowest BCUT2D eigenvalue weighted by molar-refractivity contribution is 0.0947. The highest BCUT2D eigenvalue weighted by Gasteiger charge is 2.29. The number of halogens is 1. The van der Waals surface area contributed by atoms with E-state index in [1.165, 1.54) is 36.5 Å². The number of hydrogen-bond donors (Lipinski definition) is 2. The largest absolute Gasteiger partial charge is 0.364 e. The number of rotatable bonds is 8. The monoisotopic (exact) mass is 425 g/mol. The summed E-state index contributed by atoms with van der Waals surface area (Å²) in [6.45, 7) is 3.53. The molecule has 0 aliphatic heterocycles. The van der Waals surface area contributed by atoms with Crippen LogP contribution in [0.4, 0.5) is 10.1 Å². The number of anilines is 1. The van der Waals surface area contributed by atoms with Crippen LogP contribution < -0.4 is 10.6 Å². The Balaban J connectivity index is 1.86. The summed E-state index contributed by atoms with van der Waals surface area (Å²) in [6.07, 6.45) is 4.30. The minimum Gasteiger partial charge on any atom is -0.364 e. The van der Waals surface area contributed by atoms with E-state index in [9.17, 15) is 17.6 Å². The number of hydrogen-bond acceptors (Lipinski definition) is 5. The number of carbonyl (C=O) groups is 1. The van der Waals surface area contributed by atoms with Crippen molar-refractivity contribution >= 4 is 21.4 Å². The number of carbonyl (C=O) groups excluding carboxylic acids is 1. The van der Waals surface area contributed by atoms with E-state index >= 15 is 0 Å². The van der Waals surface area contributed by atoms with E-state index in [2.05, 4.69) is 22.2 Å². The molecule has 2 aromatic carbocycles. The molecule has 0 radical (unpaired) electrons. The van der Waals surface area contributed by atoms with Gasteiger partial charge < -0.3 is 10.6 Å². The average Bonchev–Trinajstić information content (AvgIpc) is 2.77. The fraction of sp³-hybridized carbons (Fsp3) is 0.0909. The van der Waals surface area contributed by atoms with Crippen LogP contribution in [0.5, 0.6) is 0 Å². The number of sulfone groups is 1. The molecule has 3 aromatic rings. The van der Waals surface area contributed by atoms with Gasteiger partial charge in [0.05, 0.1) is 16.1 Å². The molecule has 154 valence electrons. The van der Waals surface area contributed by atoms with Crippen molar-refractivity contribution in [3.8, 4) is 0 Å². The van der Waals surface area contributed by atoms with Crippen LogP contribution in [0.1, 0.15) is 15.9 Å². The minimum atomic E-state index is -4.01. The van der Waals surface area contributed by atoms with Gasteiger partial charge in [0, 0.05) is 24.5 Å². The first kappa shape index (κ1) is 21.2. The summed E-state index contributed by atoms with van der Waals surface area (Å²) in [5.41, 5.74) is 0.759. The maximum Gasteiger partial charge on any atom is 0.252 e. The highest BCUT2D eigenvalue weighted by Crippen LogP contribution is 2.23. The normalized spacial score (nSPS) is 12.0. The van der Waals surface area contributed by atoms with Crippen LogP contribution in [0.15, 0.2) is 90.6 Å². The van der Waals surface area contributed by atoms with Crippen LogP contribution >= 0.6 is 0 Å². The number of benzene rings is 2. The van der Waals surface area contributed by atoms with E-state index in [4.69, 9.17) is 0 Å². The third-order valence-electron chi connectivity index (χ3n) is 4.35. The number of nitrogens with zero attached hydrogens (tertiary/aromatic N) is 1. The van der Waals surface area contributed by atoms with Crippen molar-refractivity contribution in [2.45, 2.75) is 16.8 Å². The molecule has 6 nitrogen and oxygen atoms in total. The smallest absolute Gasteiger partial charge is 0.252 e. The second-order valence-corrected chi connectivity index (χ2v) is 8.40. The first-order valence-corrected chi connectivity index (χ1v) is 10.6. The van der Waals surface area contributed by atoms with Gasteiger partial charge in [-0.1, -0.05) is 43.0 Å². The zero-order valence-electron chi connectivity index (χ0n) is 16.0. The van der Waals surface area contributed by atoms with Gasteiger partial charge in [0.15, 0.2) is 5.37 Å². The minimum absolute atomic E-state index is 0.0336. The lowest BCUT2D eigenvalue weighted by Gasteiger charge is -2.18. The van der Waals surface area contributed by atoms with Gasteiger partial charge in [0.25, 0.3) is 5.91 Å². The molecule has 0 fully saturated rings. The fourth-order valence-electron chi connectivity index (χ4n) is 2.83. The lowest BCUT2D eigenvalue weighted by atomic mass is 10.2. The molecule has 0 bridgehead atoms. The van der Waals surface area contributed by atoms with E-state index in [0.717, 1.165) is 0 Å². The van der Waals surface area contributed by atoms with E-state index < -0.39 is 26.9 Å². The van der Waals surface area contributed by atoms with E-state index in [1.807, 2.05) is 0 Å². The van der Waals surface area contributed by atoms with Crippen LogP contribution in [-0.4, -0.2) is 24.7 Å². The molecule has 8 heteroatoms. The van der Waals surface area contributed by atoms with Crippen LogP contribution in [0, 0.1) is 5.82 Å². The number of aromatic nitrogens is 1. The van der Waals surface area contributed by atoms with Crippen LogP contribution in [0.3, 0.4) is 0 Å². The number of amides is 1. The Kier molecular flexibility index (Phi) is 6.58. The van der Waals surface area contributed by atoms with Gasteiger partial charge in [-0.05, 0) is 30.3 Å². The molecule has 1 amide bonds. The molecule has 0 spiro atoms. The molecule has 2 N–H and O–H groups in total. The number of nitrogens with one attached hydrogen (secondary N) is 2. The second-order valence-electron chi connectivity index (χ2n) is 6.36. The molecule has 0 saturated carbocycles. The van der Waals surface area contributed by atoms with Gasteiger partial charge in [-0.2, -0.15) is 0 Å². The van der Waals surface area contributed by atoms with Gasteiger partial charge in [-0.3, -0.25) is 9.78 Å². The maximum atomic E-state index is 13.8. The molecular weight excluding hydrogens is 405 g/mol. The Hall–Kier alpha value is -3.52. The van der Waals surface area contributed by atoms with Crippen molar-refractivity contribution in [1.82, 2.24) is 10.3 Å². The highest BCUT2D eigenvalue weighted by atomic mass is 32.2. The molecule has 1 aromatic heterocycles. The predicted molar refractivity (Wildman–Crippen MR) is 113 cm³/mol. The lowest BCUT2D eigenvalue weighted by Crippen LogP contribution is -2.31. The predicted octanol–water partition coefficient (Wildman–Crippen LogP) is 3.55. The fourth-order valence-corrected chi connectivity index (χ4v) is 4.38. The van der Waals surface area contributed by atoms with Crippen molar-refractivity contribution in [1.29, 1.82) is 0 Å². The van der Waals surface area contributed by atoms with Crippen molar-refractivity contribution in [2.75, 3.05) is 5.32 Å². The molecule has 0 aliphatic rings. The topological polar surface area (TPSA) is 88.2 Å². The zero-order valence-corrected chi connectivity index (χ0v) is 16.8. The Morgan fingerprint density at radius 1 is 1.10 bits per heavy atom. The molecule has 3 rings (SSSR count). The Morgan fingerprint density at radius 3 is 2.53 bits per heavy atom. The van der Waals surface area contributed by atoms with Crippen molar-refractivity contribution < 1.29 is 17.6 Å². The standard InChI is InChI=1S/C22H20FN3O3S/c1-2-21(26-17-9-7-13-24-15-17)30(28,29)20-12-6-4-10-18(20)22(27)25-14-16-8-3-5-11-19(16)23/h2-13,15,21,26H,1,14H2,(H,25,27). The molecule has 1 heterocycles. The summed E-state index contributed by atoms with van der Waals surface area (Å²) in [7, 11) is -4.01. The summed E-state index contributed by atoms with van der Waals surface area (Å²) in [5.74, 6) is -1.08. The average molecular weight is 425 g/mol. The second kappa shape index (κ2) is 9.32. The van der Waals surface area contributed by atoms with E-state index in [1.54, 1.807) is 42.6 Å². The van der Waals surface area contributed by atoms with Crippen LogP contribution in [0.25, 0.3) is 0 Å². The molecule has 0 saturated heterocycles. The first-order chi connectivity index (χ1) is 14.4. The van der Waals surface area contributed by atoms with E-state index in [0.29, 0.717) is 11.3 Å². The summed E-state index contributed by atoms with van der Waals surface area (Å²) < 4.78 is 40.3. The highest BCUT2D eigenvalue weighted by molar-refractivity contribution is 7.92. The maximum absolute atomic E-state index is 13.8. The van der Waals surface area contributed by atoms with Gasteiger partial charge in [0.1, 0.15) is 5.82 Å². The summed E-state index contributed by atoms with van der Waals surface area (Å²) in [5, 5.41) is 4.25. The molecular formula is C22H20FN3O3S. The van der Waals surface area contributed by atoms with Gasteiger partial charge in [-0.25, -0.2) is 12.8 Å². The molecule has 30 heavy (non-hydrogen) atoms. The first-order valence-electron chi connectivity index (χ1n) is 9.07. The summed E-state index contributed by atoms with van der Waals surface area (Å²) >= 11 is 0. The van der Waals surface area contributed by atoms with E-state index in [-0.39, 0.29) is 17.0 Å².